The molecule has 0 bridgehead atoms. The molecule has 6 heteroatoms. The molecule has 0 saturated carbocycles. The highest BCUT2D eigenvalue weighted by molar-refractivity contribution is 8.05. The first-order chi connectivity index (χ1) is 16.0. The van der Waals surface area contributed by atoms with Gasteiger partial charge in [0.25, 0.3) is 5.91 Å². The second-order valence-electron chi connectivity index (χ2n) is 7.92. The topological polar surface area (TPSA) is 73.2 Å². The number of carbonyl (C=O) groups excluding carboxylic acids is 2. The number of hydrogen-bond donors (Lipinski definition) is 1. The smallest absolute Gasteiger partial charge is 0.269 e. The zero-order chi connectivity index (χ0) is 23.4. The Morgan fingerprint density at radius 1 is 0.970 bits per heavy atom. The van der Waals surface area contributed by atoms with Crippen molar-refractivity contribution < 1.29 is 9.59 Å². The number of rotatable bonds is 5. The molecule has 0 aliphatic carbocycles. The van der Waals surface area contributed by atoms with Crippen LogP contribution in [0, 0.1) is 25.2 Å². The van der Waals surface area contributed by atoms with Crippen molar-refractivity contribution in [2.75, 3.05) is 10.2 Å². The Balaban J connectivity index is 1.72. The average Bonchev–Trinajstić information content (AvgIpc) is 3.12. The van der Waals surface area contributed by atoms with Crippen LogP contribution in [-0.2, 0) is 16.0 Å². The number of para-hydroxylation sites is 1. The molecule has 4 rings (SSSR count). The maximum Gasteiger partial charge on any atom is 0.269 e. The monoisotopic (exact) mass is 453 g/mol. The van der Waals surface area contributed by atoms with Crippen LogP contribution in [0.2, 0.25) is 0 Å². The molecule has 164 valence electrons. The molecule has 5 nitrogen and oxygen atoms in total. The summed E-state index contributed by atoms with van der Waals surface area (Å²) in [6.45, 7) is 3.99. The van der Waals surface area contributed by atoms with E-state index in [1.807, 2.05) is 74.5 Å². The summed E-state index contributed by atoms with van der Waals surface area (Å²) < 4.78 is 0. The van der Waals surface area contributed by atoms with E-state index in [4.69, 9.17) is 0 Å². The van der Waals surface area contributed by atoms with Gasteiger partial charge in [0.1, 0.15) is 16.7 Å². The van der Waals surface area contributed by atoms with Crippen LogP contribution in [-0.4, -0.2) is 17.1 Å². The molecule has 0 radical (unpaired) electrons. The Bertz CT molecular complexity index is 1240. The normalized spacial score (nSPS) is 16.9. The third-order valence-electron chi connectivity index (χ3n) is 5.37. The van der Waals surface area contributed by atoms with Gasteiger partial charge in [0, 0.05) is 11.4 Å². The van der Waals surface area contributed by atoms with E-state index in [0.29, 0.717) is 22.8 Å². The average molecular weight is 454 g/mol. The Kier molecular flexibility index (Phi) is 6.62. The van der Waals surface area contributed by atoms with E-state index in [0.717, 1.165) is 16.7 Å². The van der Waals surface area contributed by atoms with Crippen molar-refractivity contribution in [1.82, 2.24) is 0 Å². The molecule has 0 spiro atoms. The van der Waals surface area contributed by atoms with Gasteiger partial charge >= 0.3 is 0 Å². The fourth-order valence-electron chi connectivity index (χ4n) is 3.57. The van der Waals surface area contributed by atoms with E-state index in [1.54, 1.807) is 24.3 Å². The number of amides is 2. The predicted molar refractivity (Wildman–Crippen MR) is 133 cm³/mol. The van der Waals surface area contributed by atoms with Gasteiger partial charge in [0.15, 0.2) is 0 Å². The van der Waals surface area contributed by atoms with Crippen LogP contribution in [0.4, 0.5) is 11.4 Å². The summed E-state index contributed by atoms with van der Waals surface area (Å²) in [6.07, 6.45) is 0.509. The van der Waals surface area contributed by atoms with E-state index in [-0.39, 0.29) is 11.5 Å². The lowest BCUT2D eigenvalue weighted by molar-refractivity contribution is -0.117. The number of aryl methyl sites for hydroxylation is 2. The minimum atomic E-state index is -0.535. The number of carbonyl (C=O) groups is 2. The second-order valence-corrected chi connectivity index (χ2v) is 9.11. The molecule has 1 fully saturated rings. The Labute approximate surface area is 197 Å². The van der Waals surface area contributed by atoms with E-state index >= 15 is 0 Å². The van der Waals surface area contributed by atoms with Crippen LogP contribution in [0.5, 0.6) is 0 Å². The van der Waals surface area contributed by atoms with Gasteiger partial charge in [-0.05, 0) is 50.1 Å². The van der Waals surface area contributed by atoms with Gasteiger partial charge in [-0.3, -0.25) is 14.5 Å². The number of benzene rings is 3. The summed E-state index contributed by atoms with van der Waals surface area (Å²) in [5.74, 6) is -0.674. The Hall–Kier alpha value is -3.82. The van der Waals surface area contributed by atoms with Crippen LogP contribution >= 0.6 is 11.8 Å². The number of nitrogens with one attached hydrogen (secondary N) is 1. The highest BCUT2D eigenvalue weighted by atomic mass is 32.2. The van der Waals surface area contributed by atoms with Crippen molar-refractivity contribution in [2.45, 2.75) is 25.5 Å². The Morgan fingerprint density at radius 2 is 1.58 bits per heavy atom. The van der Waals surface area contributed by atoms with Crippen LogP contribution in [0.25, 0.3) is 0 Å². The van der Waals surface area contributed by atoms with Crippen molar-refractivity contribution in [3.8, 4) is 6.07 Å². The van der Waals surface area contributed by atoms with Crippen molar-refractivity contribution in [3.63, 3.8) is 0 Å². The third-order valence-corrected chi connectivity index (χ3v) is 6.63. The third kappa shape index (κ3) is 5.00. The molecular weight excluding hydrogens is 430 g/mol. The minimum absolute atomic E-state index is 0.0795. The van der Waals surface area contributed by atoms with Gasteiger partial charge in [0.2, 0.25) is 5.91 Å². The van der Waals surface area contributed by atoms with Crippen LogP contribution in [0.1, 0.15) is 16.7 Å². The van der Waals surface area contributed by atoms with Crippen molar-refractivity contribution in [3.05, 3.63) is 106 Å². The van der Waals surface area contributed by atoms with Crippen LogP contribution in [0.15, 0.2) is 89.5 Å². The number of nitriles is 1. The molecule has 1 saturated heterocycles. The maximum absolute atomic E-state index is 13.5. The van der Waals surface area contributed by atoms with Gasteiger partial charge in [-0.25, -0.2) is 0 Å². The number of nitrogens with zero attached hydrogens (tertiary/aromatic N) is 2. The van der Waals surface area contributed by atoms with Gasteiger partial charge in [-0.15, -0.1) is 0 Å². The molecule has 3 aromatic carbocycles. The highest BCUT2D eigenvalue weighted by Gasteiger charge is 2.40. The summed E-state index contributed by atoms with van der Waals surface area (Å²) >= 11 is 1.27. The molecule has 3 aromatic rings. The molecule has 1 N–H and O–H groups in total. The van der Waals surface area contributed by atoms with Gasteiger partial charge in [-0.2, -0.15) is 5.26 Å². The molecule has 1 heterocycles. The molecule has 1 aliphatic rings. The second kappa shape index (κ2) is 9.76. The largest absolute Gasteiger partial charge is 0.321 e. The summed E-state index contributed by atoms with van der Waals surface area (Å²) in [6, 6.07) is 26.6. The van der Waals surface area contributed by atoms with Crippen molar-refractivity contribution >= 4 is 35.0 Å². The molecule has 0 aromatic heterocycles. The first-order valence-electron chi connectivity index (χ1n) is 10.6. The lowest BCUT2D eigenvalue weighted by atomic mass is 10.1. The first kappa shape index (κ1) is 22.4. The predicted octanol–water partition coefficient (Wildman–Crippen LogP) is 5.37. The first-order valence-corrected chi connectivity index (χ1v) is 11.5. The minimum Gasteiger partial charge on any atom is -0.321 e. The fourth-order valence-corrected chi connectivity index (χ4v) is 4.88. The number of thioether (sulfide) groups is 1. The highest BCUT2D eigenvalue weighted by Crippen LogP contribution is 2.42. The van der Waals surface area contributed by atoms with Crippen LogP contribution in [0.3, 0.4) is 0 Å². The van der Waals surface area contributed by atoms with Crippen LogP contribution < -0.4 is 10.2 Å². The van der Waals surface area contributed by atoms with Gasteiger partial charge < -0.3 is 5.32 Å². The zero-order valence-electron chi connectivity index (χ0n) is 18.4. The summed E-state index contributed by atoms with van der Waals surface area (Å²) in [5, 5.41) is 12.6. The maximum atomic E-state index is 13.5. The molecule has 1 aliphatic heterocycles. The van der Waals surface area contributed by atoms with E-state index in [9.17, 15) is 14.9 Å². The van der Waals surface area contributed by atoms with E-state index in [2.05, 4.69) is 5.32 Å². The Morgan fingerprint density at radius 3 is 2.18 bits per heavy atom. The van der Waals surface area contributed by atoms with Crippen molar-refractivity contribution in [2.24, 2.45) is 0 Å². The lowest BCUT2D eigenvalue weighted by Gasteiger charge is -2.19. The standard InChI is InChI=1S/C27H23N3O2S/c1-18-8-12-20(13-9-18)16-24-26(32)30(22-14-10-19(2)11-15-22)27(33-24)23(17-28)25(31)29-21-6-4-3-5-7-21/h3-15,24H,16H2,1-2H3,(H,29,31). The SMILES string of the molecule is Cc1ccc(CC2SC(=C(C#N)C(=O)Nc3ccccc3)N(c3ccc(C)cc3)C2=O)cc1. The number of anilines is 2. The van der Waals surface area contributed by atoms with Gasteiger partial charge in [-0.1, -0.05) is 77.5 Å². The summed E-state index contributed by atoms with van der Waals surface area (Å²) in [4.78, 5) is 28.0. The molecule has 1 unspecified atom stereocenters. The van der Waals surface area contributed by atoms with Gasteiger partial charge in [0.05, 0.1) is 5.25 Å². The summed E-state index contributed by atoms with van der Waals surface area (Å²) in [7, 11) is 0. The molecular formula is C27H23N3O2S. The quantitative estimate of drug-likeness (QED) is 0.416. The lowest BCUT2D eigenvalue weighted by Crippen LogP contribution is -2.30. The van der Waals surface area contributed by atoms with E-state index in [1.165, 1.54) is 16.7 Å². The number of hydrogen-bond acceptors (Lipinski definition) is 4. The van der Waals surface area contributed by atoms with Crippen molar-refractivity contribution in [1.29, 1.82) is 5.26 Å². The summed E-state index contributed by atoms with van der Waals surface area (Å²) in [5.41, 5.74) is 4.38. The fraction of sp³-hybridized carbons (Fsp3) is 0.148. The zero-order valence-corrected chi connectivity index (χ0v) is 19.2. The molecule has 2 amide bonds. The molecule has 33 heavy (non-hydrogen) atoms. The van der Waals surface area contributed by atoms with E-state index < -0.39 is 11.2 Å². The molecule has 1 atom stereocenters.